The third kappa shape index (κ3) is 2.68. The average Bonchev–Trinajstić information content (AvgIpc) is 2.95. The summed E-state index contributed by atoms with van der Waals surface area (Å²) >= 11 is 0. The second kappa shape index (κ2) is 4.91. The van der Waals surface area contributed by atoms with Crippen molar-refractivity contribution in [1.29, 1.82) is 0 Å². The lowest BCUT2D eigenvalue weighted by Crippen LogP contribution is -2.00. The van der Waals surface area contributed by atoms with Crippen molar-refractivity contribution in [3.05, 3.63) is 29.9 Å². The monoisotopic (exact) mass is 251 g/mol. The zero-order chi connectivity index (χ0) is 13.1. The minimum absolute atomic E-state index is 0.115. The van der Waals surface area contributed by atoms with Crippen molar-refractivity contribution in [2.45, 2.75) is 26.5 Å². The summed E-state index contributed by atoms with van der Waals surface area (Å²) < 4.78 is 12.0. The fourth-order valence-corrected chi connectivity index (χ4v) is 1.31. The molecule has 2 aromatic heterocycles. The lowest BCUT2D eigenvalue weighted by molar-refractivity contribution is 0.0685. The molecule has 7 nitrogen and oxygen atoms in total. The third-order valence-corrected chi connectivity index (χ3v) is 2.27. The number of nitrogens with zero attached hydrogens (tertiary/aromatic N) is 3. The van der Waals surface area contributed by atoms with E-state index in [2.05, 4.69) is 10.3 Å². The van der Waals surface area contributed by atoms with E-state index in [1.807, 2.05) is 13.8 Å². The molecule has 2 heterocycles. The van der Waals surface area contributed by atoms with Crippen LogP contribution in [0, 0.1) is 0 Å². The summed E-state index contributed by atoms with van der Waals surface area (Å²) in [5.41, 5.74) is -0.133. The second-order valence-corrected chi connectivity index (χ2v) is 4.02. The number of carboxylic acid groups (broad SMARTS) is 1. The van der Waals surface area contributed by atoms with Gasteiger partial charge in [-0.05, 0) is 13.8 Å². The van der Waals surface area contributed by atoms with Crippen molar-refractivity contribution in [3.8, 4) is 5.75 Å². The normalized spacial score (nSPS) is 10.8. The number of ether oxygens (including phenoxy) is 1. The fourth-order valence-electron chi connectivity index (χ4n) is 1.31. The first-order chi connectivity index (χ1) is 8.56. The highest BCUT2D eigenvalue weighted by molar-refractivity contribution is 5.85. The molecule has 0 unspecified atom stereocenters. The Morgan fingerprint density at radius 2 is 2.39 bits per heavy atom. The first-order valence-corrected chi connectivity index (χ1v) is 5.42. The van der Waals surface area contributed by atoms with E-state index >= 15 is 0 Å². The first kappa shape index (κ1) is 12.2. The molecule has 0 bridgehead atoms. The second-order valence-electron chi connectivity index (χ2n) is 4.02. The molecule has 2 aromatic rings. The van der Waals surface area contributed by atoms with Crippen molar-refractivity contribution in [2.75, 3.05) is 0 Å². The van der Waals surface area contributed by atoms with Crippen LogP contribution in [0.5, 0.6) is 5.75 Å². The van der Waals surface area contributed by atoms with E-state index < -0.39 is 5.97 Å². The summed E-state index contributed by atoms with van der Waals surface area (Å²) in [6.45, 7) is 4.13. The van der Waals surface area contributed by atoms with Gasteiger partial charge < -0.3 is 14.4 Å². The maximum atomic E-state index is 10.6. The van der Waals surface area contributed by atoms with E-state index in [1.54, 1.807) is 17.1 Å². The van der Waals surface area contributed by atoms with Gasteiger partial charge in [0.15, 0.2) is 17.2 Å². The maximum Gasteiger partial charge on any atom is 0.358 e. The van der Waals surface area contributed by atoms with Crippen LogP contribution in [0.3, 0.4) is 0 Å². The summed E-state index contributed by atoms with van der Waals surface area (Å²) in [7, 11) is 0. The molecular formula is C11H13N3O4. The van der Waals surface area contributed by atoms with Gasteiger partial charge in [-0.2, -0.15) is 5.10 Å². The summed E-state index contributed by atoms with van der Waals surface area (Å²) in [5.74, 6) is -0.181. The van der Waals surface area contributed by atoms with Gasteiger partial charge >= 0.3 is 5.97 Å². The van der Waals surface area contributed by atoms with Crippen LogP contribution in [0.2, 0.25) is 0 Å². The minimum Gasteiger partial charge on any atom is -0.482 e. The smallest absolute Gasteiger partial charge is 0.358 e. The highest BCUT2D eigenvalue weighted by Gasteiger charge is 2.11. The first-order valence-electron chi connectivity index (χ1n) is 5.42. The molecule has 0 saturated heterocycles. The van der Waals surface area contributed by atoms with Crippen LogP contribution in [-0.4, -0.2) is 26.0 Å². The molecule has 0 aliphatic carbocycles. The molecule has 0 atom stereocenters. The molecule has 2 rings (SSSR count). The zero-order valence-electron chi connectivity index (χ0n) is 10.0. The quantitative estimate of drug-likeness (QED) is 0.870. The molecule has 0 aliphatic rings. The predicted octanol–water partition coefficient (Wildman–Crippen LogP) is 1.73. The summed E-state index contributed by atoms with van der Waals surface area (Å²) in [5, 5.41) is 16.2. The minimum atomic E-state index is -1.13. The average molecular weight is 251 g/mol. The number of hydrogen-bond donors (Lipinski definition) is 1. The number of carbonyl (C=O) groups is 1. The van der Waals surface area contributed by atoms with E-state index in [4.69, 9.17) is 14.4 Å². The Kier molecular flexibility index (Phi) is 3.31. The molecule has 7 heteroatoms. The van der Waals surface area contributed by atoms with Gasteiger partial charge in [0, 0.05) is 12.1 Å². The Labute approximate surface area is 103 Å². The standard InChI is InChI=1S/C11H13N3O4/c1-7(2)14-5-9(4-12-14)17-6-8-3-10(11(15)16)13-18-8/h3-5,7H,6H2,1-2H3,(H,15,16). The van der Waals surface area contributed by atoms with Gasteiger partial charge in [-0.25, -0.2) is 4.79 Å². The van der Waals surface area contributed by atoms with Gasteiger partial charge in [0.1, 0.15) is 6.61 Å². The van der Waals surface area contributed by atoms with E-state index in [9.17, 15) is 4.79 Å². The summed E-state index contributed by atoms with van der Waals surface area (Å²) in [4.78, 5) is 10.6. The van der Waals surface area contributed by atoms with Crippen LogP contribution in [0.25, 0.3) is 0 Å². The van der Waals surface area contributed by atoms with Gasteiger partial charge in [0.05, 0.1) is 12.4 Å². The van der Waals surface area contributed by atoms with Gasteiger partial charge in [0.2, 0.25) is 0 Å². The molecule has 1 N–H and O–H groups in total. The number of aromatic carboxylic acids is 1. The Bertz CT molecular complexity index is 544. The Hall–Kier alpha value is -2.31. The number of carboxylic acids is 1. The van der Waals surface area contributed by atoms with Crippen LogP contribution in [-0.2, 0) is 6.61 Å². The SMILES string of the molecule is CC(C)n1cc(OCc2cc(C(=O)O)no2)cn1. The molecule has 0 fully saturated rings. The van der Waals surface area contributed by atoms with Gasteiger partial charge in [-0.15, -0.1) is 0 Å². The van der Waals surface area contributed by atoms with Gasteiger partial charge in [-0.1, -0.05) is 5.16 Å². The summed E-state index contributed by atoms with van der Waals surface area (Å²) in [6, 6.07) is 1.58. The number of rotatable bonds is 5. The summed E-state index contributed by atoms with van der Waals surface area (Å²) in [6.07, 6.45) is 3.35. The highest BCUT2D eigenvalue weighted by atomic mass is 16.5. The molecular weight excluding hydrogens is 238 g/mol. The van der Waals surface area contributed by atoms with Crippen molar-refractivity contribution in [1.82, 2.24) is 14.9 Å². The fraction of sp³-hybridized carbons (Fsp3) is 0.364. The van der Waals surface area contributed by atoms with Crippen molar-refractivity contribution in [3.63, 3.8) is 0 Å². The molecule has 96 valence electrons. The van der Waals surface area contributed by atoms with Crippen molar-refractivity contribution in [2.24, 2.45) is 0 Å². The van der Waals surface area contributed by atoms with Crippen LogP contribution >= 0.6 is 0 Å². The van der Waals surface area contributed by atoms with Crippen LogP contribution in [0.15, 0.2) is 23.0 Å². The number of hydrogen-bond acceptors (Lipinski definition) is 5. The molecule has 0 aromatic carbocycles. The van der Waals surface area contributed by atoms with Crippen LogP contribution in [0.1, 0.15) is 36.1 Å². The third-order valence-electron chi connectivity index (χ3n) is 2.27. The topological polar surface area (TPSA) is 90.4 Å². The van der Waals surface area contributed by atoms with Crippen LogP contribution < -0.4 is 4.74 Å². The molecule has 18 heavy (non-hydrogen) atoms. The Balaban J connectivity index is 1.95. The van der Waals surface area contributed by atoms with Crippen molar-refractivity contribution >= 4 is 5.97 Å². The largest absolute Gasteiger partial charge is 0.482 e. The zero-order valence-corrected chi connectivity index (χ0v) is 10.0. The van der Waals surface area contributed by atoms with Gasteiger partial charge in [-0.3, -0.25) is 4.68 Å². The van der Waals surface area contributed by atoms with E-state index in [0.717, 1.165) is 0 Å². The highest BCUT2D eigenvalue weighted by Crippen LogP contribution is 2.14. The van der Waals surface area contributed by atoms with E-state index in [1.165, 1.54) is 6.07 Å². The molecule has 0 saturated carbocycles. The lowest BCUT2D eigenvalue weighted by atomic mass is 10.4. The molecule has 0 amide bonds. The van der Waals surface area contributed by atoms with E-state index in [0.29, 0.717) is 11.5 Å². The van der Waals surface area contributed by atoms with Gasteiger partial charge in [0.25, 0.3) is 0 Å². The maximum absolute atomic E-state index is 10.6. The Morgan fingerprint density at radius 3 is 2.94 bits per heavy atom. The lowest BCUT2D eigenvalue weighted by Gasteiger charge is -2.03. The van der Waals surface area contributed by atoms with Crippen molar-refractivity contribution < 1.29 is 19.2 Å². The van der Waals surface area contributed by atoms with E-state index in [-0.39, 0.29) is 18.3 Å². The molecule has 0 aliphatic heterocycles. The Morgan fingerprint density at radius 1 is 1.61 bits per heavy atom. The number of aromatic nitrogens is 3. The molecule has 0 spiro atoms. The predicted molar refractivity (Wildman–Crippen MR) is 60.4 cm³/mol. The molecule has 0 radical (unpaired) electrons. The van der Waals surface area contributed by atoms with Crippen LogP contribution in [0.4, 0.5) is 0 Å².